The van der Waals surface area contributed by atoms with Gasteiger partial charge in [0.25, 0.3) is 11.8 Å². The van der Waals surface area contributed by atoms with Crippen LogP contribution in [-0.2, 0) is 4.74 Å². The van der Waals surface area contributed by atoms with Gasteiger partial charge in [0, 0.05) is 47.4 Å². The molecule has 0 saturated carbocycles. The number of hydrogen-bond acceptors (Lipinski definition) is 6. The van der Waals surface area contributed by atoms with Gasteiger partial charge < -0.3 is 24.3 Å². The molecule has 5 rings (SSSR count). The fraction of sp³-hybridized carbons (Fsp3) is 0.167. The second-order valence-electron chi connectivity index (χ2n) is 9.14. The van der Waals surface area contributed by atoms with E-state index in [1.54, 1.807) is 65.6 Å². The maximum atomic E-state index is 13.2. The number of amides is 2. The standard InChI is InChI=1S/C30H25Cl2N3O5/c1-39-30(38)20-7-8-25(34-11-13-35(14-12-34)29(37)19-5-3-2-4-6-19)24(17-20)33-28(36)27-10-9-26(40-27)21-15-22(31)18-23(32)16-21/h2-10,15-18H,11-14H2,1H3,(H,33,36). The zero-order valence-electron chi connectivity index (χ0n) is 21.5. The topological polar surface area (TPSA) is 92.1 Å². The number of methoxy groups -OCH3 is 1. The van der Waals surface area contributed by atoms with E-state index in [1.807, 2.05) is 18.2 Å². The first-order valence-electron chi connectivity index (χ1n) is 12.5. The summed E-state index contributed by atoms with van der Waals surface area (Å²) >= 11 is 12.2. The van der Waals surface area contributed by atoms with Gasteiger partial charge in [0.1, 0.15) is 5.76 Å². The number of hydrogen-bond donors (Lipinski definition) is 1. The van der Waals surface area contributed by atoms with Crippen molar-refractivity contribution in [3.05, 3.63) is 106 Å². The number of rotatable bonds is 6. The molecule has 204 valence electrons. The maximum Gasteiger partial charge on any atom is 0.337 e. The van der Waals surface area contributed by atoms with E-state index >= 15 is 0 Å². The number of furan rings is 1. The summed E-state index contributed by atoms with van der Waals surface area (Å²) in [5.74, 6) is -0.556. The van der Waals surface area contributed by atoms with Crippen molar-refractivity contribution in [1.29, 1.82) is 0 Å². The van der Waals surface area contributed by atoms with Crippen LogP contribution in [0.15, 0.2) is 83.3 Å². The molecule has 1 aromatic heterocycles. The van der Waals surface area contributed by atoms with E-state index < -0.39 is 11.9 Å². The number of carbonyl (C=O) groups is 3. The van der Waals surface area contributed by atoms with E-state index in [1.165, 1.54) is 7.11 Å². The van der Waals surface area contributed by atoms with E-state index in [0.29, 0.717) is 64.5 Å². The Morgan fingerprint density at radius 1 is 0.825 bits per heavy atom. The number of carbonyl (C=O) groups excluding carboxylic acids is 3. The van der Waals surface area contributed by atoms with Gasteiger partial charge in [-0.1, -0.05) is 41.4 Å². The van der Waals surface area contributed by atoms with E-state index in [4.69, 9.17) is 32.4 Å². The van der Waals surface area contributed by atoms with Gasteiger partial charge >= 0.3 is 5.97 Å². The molecule has 1 aliphatic heterocycles. The van der Waals surface area contributed by atoms with Crippen molar-refractivity contribution in [3.63, 3.8) is 0 Å². The van der Waals surface area contributed by atoms with Gasteiger partial charge in [-0.25, -0.2) is 4.79 Å². The number of esters is 1. The van der Waals surface area contributed by atoms with Crippen LogP contribution in [0.25, 0.3) is 11.3 Å². The summed E-state index contributed by atoms with van der Waals surface area (Å²) in [5.41, 5.74) is 2.69. The number of ether oxygens (including phenoxy) is 1. The van der Waals surface area contributed by atoms with E-state index in [9.17, 15) is 14.4 Å². The van der Waals surface area contributed by atoms with Crippen LogP contribution in [-0.4, -0.2) is 56.0 Å². The molecule has 4 aromatic rings. The minimum Gasteiger partial charge on any atom is -0.465 e. The van der Waals surface area contributed by atoms with Crippen molar-refractivity contribution in [1.82, 2.24) is 4.90 Å². The maximum absolute atomic E-state index is 13.2. The van der Waals surface area contributed by atoms with Crippen molar-refractivity contribution in [2.45, 2.75) is 0 Å². The van der Waals surface area contributed by atoms with Crippen LogP contribution in [0.3, 0.4) is 0 Å². The molecule has 10 heteroatoms. The molecule has 3 aromatic carbocycles. The van der Waals surface area contributed by atoms with Gasteiger partial charge in [-0.2, -0.15) is 0 Å². The Morgan fingerprint density at radius 3 is 2.20 bits per heavy atom. The normalized spacial score (nSPS) is 13.2. The highest BCUT2D eigenvalue weighted by atomic mass is 35.5. The molecule has 2 amide bonds. The van der Waals surface area contributed by atoms with Crippen molar-refractivity contribution in [2.24, 2.45) is 0 Å². The minimum atomic E-state index is -0.529. The fourth-order valence-corrected chi connectivity index (χ4v) is 5.09. The first-order chi connectivity index (χ1) is 19.3. The van der Waals surface area contributed by atoms with Gasteiger partial charge in [-0.15, -0.1) is 0 Å². The van der Waals surface area contributed by atoms with Crippen LogP contribution in [0.2, 0.25) is 10.0 Å². The SMILES string of the molecule is COC(=O)c1ccc(N2CCN(C(=O)c3ccccc3)CC2)c(NC(=O)c2ccc(-c3cc(Cl)cc(Cl)c3)o2)c1. The van der Waals surface area contributed by atoms with Crippen molar-refractivity contribution < 1.29 is 23.5 Å². The lowest BCUT2D eigenvalue weighted by atomic mass is 10.1. The molecule has 8 nitrogen and oxygen atoms in total. The molecule has 0 unspecified atom stereocenters. The van der Waals surface area contributed by atoms with Crippen LogP contribution >= 0.6 is 23.2 Å². The van der Waals surface area contributed by atoms with E-state index in [2.05, 4.69) is 10.2 Å². The van der Waals surface area contributed by atoms with Crippen molar-refractivity contribution in [2.75, 3.05) is 43.5 Å². The van der Waals surface area contributed by atoms with E-state index in [-0.39, 0.29) is 17.2 Å². The number of benzene rings is 3. The number of piperazine rings is 1. The van der Waals surface area contributed by atoms with Gasteiger partial charge in [-0.3, -0.25) is 9.59 Å². The predicted molar refractivity (Wildman–Crippen MR) is 154 cm³/mol. The molecule has 2 heterocycles. The molecule has 0 bridgehead atoms. The second-order valence-corrected chi connectivity index (χ2v) is 10.0. The highest BCUT2D eigenvalue weighted by Gasteiger charge is 2.25. The summed E-state index contributed by atoms with van der Waals surface area (Å²) in [6, 6.07) is 22.3. The fourth-order valence-electron chi connectivity index (χ4n) is 4.57. The molecule has 0 spiro atoms. The van der Waals surface area contributed by atoms with Crippen LogP contribution in [0.4, 0.5) is 11.4 Å². The lowest BCUT2D eigenvalue weighted by Crippen LogP contribution is -2.49. The van der Waals surface area contributed by atoms with Crippen molar-refractivity contribution in [3.8, 4) is 11.3 Å². The third-order valence-electron chi connectivity index (χ3n) is 6.57. The second kappa shape index (κ2) is 11.9. The summed E-state index contributed by atoms with van der Waals surface area (Å²) in [5, 5.41) is 3.76. The Balaban J connectivity index is 1.35. The lowest BCUT2D eigenvalue weighted by Gasteiger charge is -2.37. The molecule has 0 radical (unpaired) electrons. The number of nitrogens with zero attached hydrogens (tertiary/aromatic N) is 2. The van der Waals surface area contributed by atoms with Crippen LogP contribution in [0.5, 0.6) is 0 Å². The summed E-state index contributed by atoms with van der Waals surface area (Å²) in [6.45, 7) is 2.09. The molecule has 0 atom stereocenters. The van der Waals surface area contributed by atoms with Gasteiger partial charge in [0.05, 0.1) is 24.0 Å². The lowest BCUT2D eigenvalue weighted by molar-refractivity contribution is 0.0600. The zero-order valence-corrected chi connectivity index (χ0v) is 23.0. The van der Waals surface area contributed by atoms with Gasteiger partial charge in [0.2, 0.25) is 0 Å². The third kappa shape index (κ3) is 5.98. The number of anilines is 2. The first kappa shape index (κ1) is 27.3. The summed E-state index contributed by atoms with van der Waals surface area (Å²) in [6.07, 6.45) is 0. The Bertz CT molecular complexity index is 1540. The summed E-state index contributed by atoms with van der Waals surface area (Å²) < 4.78 is 10.7. The minimum absolute atomic E-state index is 0.0237. The van der Waals surface area contributed by atoms with E-state index in [0.717, 1.165) is 0 Å². The Kier molecular flexibility index (Phi) is 8.09. The quantitative estimate of drug-likeness (QED) is 0.272. The Hall–Kier alpha value is -4.27. The predicted octanol–water partition coefficient (Wildman–Crippen LogP) is 6.25. The zero-order chi connectivity index (χ0) is 28.2. The molecule has 1 N–H and O–H groups in total. The molecular formula is C30H25Cl2N3O5. The average Bonchev–Trinajstić information content (AvgIpc) is 3.47. The molecule has 1 fully saturated rings. The van der Waals surface area contributed by atoms with Gasteiger partial charge in [-0.05, 0) is 60.7 Å². The van der Waals surface area contributed by atoms with Crippen LogP contribution < -0.4 is 10.2 Å². The summed E-state index contributed by atoms with van der Waals surface area (Å²) in [4.78, 5) is 42.2. The Morgan fingerprint density at radius 2 is 1.52 bits per heavy atom. The third-order valence-corrected chi connectivity index (χ3v) is 7.01. The number of nitrogens with one attached hydrogen (secondary N) is 1. The highest BCUT2D eigenvalue weighted by Crippen LogP contribution is 2.31. The largest absolute Gasteiger partial charge is 0.465 e. The molecular weight excluding hydrogens is 553 g/mol. The Labute approximate surface area is 241 Å². The first-order valence-corrected chi connectivity index (χ1v) is 13.3. The smallest absolute Gasteiger partial charge is 0.337 e. The monoisotopic (exact) mass is 577 g/mol. The van der Waals surface area contributed by atoms with Gasteiger partial charge in [0.15, 0.2) is 5.76 Å². The summed E-state index contributed by atoms with van der Waals surface area (Å²) in [7, 11) is 1.30. The van der Waals surface area contributed by atoms with Crippen LogP contribution in [0, 0.1) is 0 Å². The molecule has 0 aliphatic carbocycles. The average molecular weight is 578 g/mol. The van der Waals surface area contributed by atoms with Crippen LogP contribution in [0.1, 0.15) is 31.3 Å². The highest BCUT2D eigenvalue weighted by molar-refractivity contribution is 6.35. The van der Waals surface area contributed by atoms with Crippen molar-refractivity contribution >= 4 is 52.4 Å². The molecule has 40 heavy (non-hydrogen) atoms. The molecule has 1 saturated heterocycles. The molecule has 1 aliphatic rings. The number of halogens is 2.